The number of fused-ring (bicyclic) bond motifs is 1. The molecule has 10 heteroatoms. The quantitative estimate of drug-likeness (QED) is 0.280. The summed E-state index contributed by atoms with van der Waals surface area (Å²) in [5.74, 6) is -0.792. The third kappa shape index (κ3) is 6.20. The number of methoxy groups -OCH3 is 1. The van der Waals surface area contributed by atoms with Crippen LogP contribution in [0.2, 0.25) is 0 Å². The van der Waals surface area contributed by atoms with Crippen LogP contribution in [0.4, 0.5) is 17.1 Å². The largest absolute Gasteiger partial charge is 0.465 e. The van der Waals surface area contributed by atoms with Crippen LogP contribution in [0.25, 0.3) is 11.3 Å². The van der Waals surface area contributed by atoms with E-state index >= 15 is 0 Å². The molecule has 2 amide bonds. The lowest BCUT2D eigenvalue weighted by Crippen LogP contribution is -2.48. The minimum atomic E-state index is -0.500. The standard InChI is InChI=1S/C32H35N5O5/c1-35-14-16-37(17-15-35)19-28(39)36(2)25-11-9-24(10-12-25)33-30(22-6-4-21(20-38)5-7-22)29-26-18-23(32(41)42-3)8-13-27(26)34-31(29)40/h4-13,18,33,38H,14-17,19-20H2,1-3H3,(H,34,40)/b30-29-. The van der Waals surface area contributed by atoms with Gasteiger partial charge in [0.05, 0.1) is 37.1 Å². The van der Waals surface area contributed by atoms with Crippen LogP contribution in [-0.2, 0) is 20.9 Å². The third-order valence-corrected chi connectivity index (χ3v) is 7.71. The van der Waals surface area contributed by atoms with Crippen molar-refractivity contribution in [2.45, 2.75) is 6.61 Å². The van der Waals surface area contributed by atoms with Gasteiger partial charge >= 0.3 is 5.97 Å². The van der Waals surface area contributed by atoms with Gasteiger partial charge in [0.25, 0.3) is 5.91 Å². The smallest absolute Gasteiger partial charge is 0.337 e. The number of nitrogens with one attached hydrogen (secondary N) is 2. The van der Waals surface area contributed by atoms with Gasteiger partial charge in [-0.3, -0.25) is 14.5 Å². The van der Waals surface area contributed by atoms with Gasteiger partial charge in [0.2, 0.25) is 5.91 Å². The van der Waals surface area contributed by atoms with Crippen LogP contribution < -0.4 is 15.5 Å². The fraction of sp³-hybridized carbons (Fsp3) is 0.281. The molecule has 0 radical (unpaired) electrons. The summed E-state index contributed by atoms with van der Waals surface area (Å²) in [6.45, 7) is 3.90. The average molecular weight is 570 g/mol. The number of likely N-dealkylation sites (N-methyl/N-ethyl adjacent to an activating group) is 2. The molecule has 5 rings (SSSR count). The Morgan fingerprint density at radius 1 is 0.976 bits per heavy atom. The molecule has 218 valence electrons. The number of aliphatic hydroxyl groups is 1. The van der Waals surface area contributed by atoms with Crippen molar-refractivity contribution in [2.24, 2.45) is 0 Å². The van der Waals surface area contributed by atoms with E-state index in [1.165, 1.54) is 7.11 Å². The van der Waals surface area contributed by atoms with Gasteiger partial charge in [-0.15, -0.1) is 0 Å². The maximum atomic E-state index is 13.3. The van der Waals surface area contributed by atoms with Crippen molar-refractivity contribution in [1.82, 2.24) is 9.80 Å². The molecule has 42 heavy (non-hydrogen) atoms. The first-order valence-electron chi connectivity index (χ1n) is 13.8. The van der Waals surface area contributed by atoms with Gasteiger partial charge in [0, 0.05) is 55.9 Å². The molecule has 10 nitrogen and oxygen atoms in total. The zero-order valence-electron chi connectivity index (χ0n) is 24.0. The number of carbonyl (C=O) groups is 3. The molecule has 0 unspecified atom stereocenters. The Bertz CT molecular complexity index is 1510. The molecule has 3 N–H and O–H groups in total. The molecule has 0 aliphatic carbocycles. The van der Waals surface area contributed by atoms with Crippen LogP contribution in [0.1, 0.15) is 27.0 Å². The van der Waals surface area contributed by atoms with Crippen molar-refractivity contribution < 1.29 is 24.2 Å². The summed E-state index contributed by atoms with van der Waals surface area (Å²) in [6, 6.07) is 19.6. The first kappa shape index (κ1) is 29.0. The van der Waals surface area contributed by atoms with Crippen LogP contribution in [-0.4, -0.2) is 86.6 Å². The minimum absolute atomic E-state index is 0.0210. The molecule has 0 atom stereocenters. The second kappa shape index (κ2) is 12.6. The Morgan fingerprint density at radius 2 is 1.64 bits per heavy atom. The first-order valence-corrected chi connectivity index (χ1v) is 13.8. The molecule has 0 bridgehead atoms. The van der Waals surface area contributed by atoms with Crippen LogP contribution in [0.15, 0.2) is 66.7 Å². The molecule has 2 heterocycles. The fourth-order valence-corrected chi connectivity index (χ4v) is 5.08. The van der Waals surface area contributed by atoms with Gasteiger partial charge in [-0.05, 0) is 60.6 Å². The number of hydrogen-bond donors (Lipinski definition) is 3. The second-order valence-corrected chi connectivity index (χ2v) is 10.5. The summed E-state index contributed by atoms with van der Waals surface area (Å²) in [6.07, 6.45) is 0. The van der Waals surface area contributed by atoms with Crippen LogP contribution in [0, 0.1) is 0 Å². The first-order chi connectivity index (χ1) is 20.3. The van der Waals surface area contributed by atoms with Crippen LogP contribution in [0.5, 0.6) is 0 Å². The summed E-state index contributed by atoms with van der Waals surface area (Å²) >= 11 is 0. The fourth-order valence-electron chi connectivity index (χ4n) is 5.08. The van der Waals surface area contributed by atoms with Crippen LogP contribution >= 0.6 is 0 Å². The Balaban J connectivity index is 1.44. The molecule has 0 spiro atoms. The van der Waals surface area contributed by atoms with Gasteiger partial charge in [-0.2, -0.15) is 0 Å². The second-order valence-electron chi connectivity index (χ2n) is 10.5. The van der Waals surface area contributed by atoms with E-state index < -0.39 is 5.97 Å². The van der Waals surface area contributed by atoms with Crippen molar-refractivity contribution in [2.75, 3.05) is 69.5 Å². The van der Waals surface area contributed by atoms with Crippen molar-refractivity contribution >= 4 is 46.1 Å². The highest BCUT2D eigenvalue weighted by Gasteiger charge is 2.30. The van der Waals surface area contributed by atoms with E-state index in [1.807, 2.05) is 36.4 Å². The number of hydrogen-bond acceptors (Lipinski definition) is 8. The Kier molecular flexibility index (Phi) is 8.67. The van der Waals surface area contributed by atoms with E-state index in [1.54, 1.807) is 42.3 Å². The third-order valence-electron chi connectivity index (χ3n) is 7.71. The Hall–Kier alpha value is -4.51. The number of anilines is 3. The summed E-state index contributed by atoms with van der Waals surface area (Å²) in [7, 11) is 5.17. The van der Waals surface area contributed by atoms with E-state index in [4.69, 9.17) is 4.74 Å². The molecular weight excluding hydrogens is 534 g/mol. The Labute approximate surface area is 245 Å². The van der Waals surface area contributed by atoms with E-state index in [2.05, 4.69) is 27.5 Å². The monoisotopic (exact) mass is 569 g/mol. The highest BCUT2D eigenvalue weighted by atomic mass is 16.5. The lowest BCUT2D eigenvalue weighted by Gasteiger charge is -2.32. The summed E-state index contributed by atoms with van der Waals surface area (Å²) in [4.78, 5) is 44.6. The van der Waals surface area contributed by atoms with Gasteiger partial charge in [0.1, 0.15) is 0 Å². The number of benzene rings is 3. The van der Waals surface area contributed by atoms with E-state index in [-0.39, 0.29) is 18.4 Å². The number of rotatable bonds is 8. The highest BCUT2D eigenvalue weighted by molar-refractivity contribution is 6.37. The van der Waals surface area contributed by atoms with Crippen molar-refractivity contribution in [3.63, 3.8) is 0 Å². The van der Waals surface area contributed by atoms with Crippen molar-refractivity contribution in [3.8, 4) is 0 Å². The molecule has 1 saturated heterocycles. The minimum Gasteiger partial charge on any atom is -0.465 e. The van der Waals surface area contributed by atoms with Gasteiger partial charge < -0.3 is 30.3 Å². The number of piperazine rings is 1. The lowest BCUT2D eigenvalue weighted by molar-refractivity contribution is -0.119. The molecular formula is C32H35N5O5. The average Bonchev–Trinajstić information content (AvgIpc) is 3.35. The molecule has 3 aromatic rings. The Morgan fingerprint density at radius 3 is 2.29 bits per heavy atom. The molecule has 0 saturated carbocycles. The summed E-state index contributed by atoms with van der Waals surface area (Å²) < 4.78 is 4.89. The van der Waals surface area contributed by atoms with Gasteiger partial charge in [0.15, 0.2) is 0 Å². The number of nitrogens with zero attached hydrogens (tertiary/aromatic N) is 3. The molecule has 0 aromatic heterocycles. The van der Waals surface area contributed by atoms with E-state index in [0.717, 1.165) is 43.0 Å². The van der Waals surface area contributed by atoms with Crippen molar-refractivity contribution in [3.05, 3.63) is 89.0 Å². The molecule has 2 aliphatic heterocycles. The van der Waals surface area contributed by atoms with Gasteiger partial charge in [-0.25, -0.2) is 4.79 Å². The van der Waals surface area contributed by atoms with E-state index in [0.29, 0.717) is 40.3 Å². The number of esters is 1. The zero-order valence-corrected chi connectivity index (χ0v) is 24.0. The SMILES string of the molecule is COC(=O)c1ccc2c(c1)/C(=C(/Nc1ccc(N(C)C(=O)CN3CCN(C)CC3)cc1)c1ccc(CO)cc1)C(=O)N2. The maximum absolute atomic E-state index is 13.3. The number of carbonyl (C=O) groups excluding carboxylic acids is 3. The van der Waals surface area contributed by atoms with E-state index in [9.17, 15) is 19.5 Å². The lowest BCUT2D eigenvalue weighted by atomic mass is 9.98. The predicted octanol–water partition coefficient (Wildman–Crippen LogP) is 3.11. The molecule has 3 aromatic carbocycles. The predicted molar refractivity (Wildman–Crippen MR) is 163 cm³/mol. The van der Waals surface area contributed by atoms with Gasteiger partial charge in [-0.1, -0.05) is 24.3 Å². The summed E-state index contributed by atoms with van der Waals surface area (Å²) in [5.41, 5.74) is 5.31. The molecule has 1 fully saturated rings. The van der Waals surface area contributed by atoms with Crippen molar-refractivity contribution in [1.29, 1.82) is 0 Å². The molecule has 2 aliphatic rings. The van der Waals surface area contributed by atoms with Crippen LogP contribution in [0.3, 0.4) is 0 Å². The number of amides is 2. The topological polar surface area (TPSA) is 114 Å². The normalized spacial score (nSPS) is 16.4. The number of aliphatic hydroxyl groups excluding tert-OH is 1. The zero-order chi connectivity index (χ0) is 29.8. The maximum Gasteiger partial charge on any atom is 0.337 e. The highest BCUT2D eigenvalue weighted by Crippen LogP contribution is 2.38. The summed E-state index contributed by atoms with van der Waals surface area (Å²) in [5, 5.41) is 15.8. The number of ether oxygens (including phenoxy) is 1.